The molecule has 0 radical (unpaired) electrons. The van der Waals surface area contributed by atoms with Gasteiger partial charge in [-0.15, -0.1) is 0 Å². The number of carbonyl (C=O) groups is 1. The summed E-state index contributed by atoms with van der Waals surface area (Å²) in [6.45, 7) is 5.18. The van der Waals surface area contributed by atoms with Crippen LogP contribution >= 0.6 is 0 Å². The minimum absolute atomic E-state index is 0.0249. The Balaban J connectivity index is 2.49. The van der Waals surface area contributed by atoms with Crippen LogP contribution in [0.4, 0.5) is 0 Å². The third-order valence-corrected chi connectivity index (χ3v) is 2.44. The standard InChI is InChI=1S/C9H17N5O2/c1-2-11-9(15)8-7-16-6-5-14(8)4-3-12-13-10/h8H,2-7H2,1H3,(H,11,15). The van der Waals surface area contributed by atoms with E-state index >= 15 is 0 Å². The van der Waals surface area contributed by atoms with Crippen LogP contribution in [-0.4, -0.2) is 56.2 Å². The Morgan fingerprint density at radius 3 is 3.25 bits per heavy atom. The zero-order valence-electron chi connectivity index (χ0n) is 9.43. The van der Waals surface area contributed by atoms with Crippen LogP contribution in [-0.2, 0) is 9.53 Å². The molecule has 90 valence electrons. The number of ether oxygens (including phenoxy) is 1. The highest BCUT2D eigenvalue weighted by Crippen LogP contribution is 2.06. The lowest BCUT2D eigenvalue weighted by atomic mass is 10.2. The summed E-state index contributed by atoms with van der Waals surface area (Å²) in [5.41, 5.74) is 8.19. The topological polar surface area (TPSA) is 90.3 Å². The summed E-state index contributed by atoms with van der Waals surface area (Å²) in [5.74, 6) is -0.0249. The van der Waals surface area contributed by atoms with Crippen molar-refractivity contribution in [1.82, 2.24) is 10.2 Å². The quantitative estimate of drug-likeness (QED) is 0.411. The number of rotatable bonds is 5. The van der Waals surface area contributed by atoms with Gasteiger partial charge in [0.05, 0.1) is 13.2 Å². The van der Waals surface area contributed by atoms with E-state index in [2.05, 4.69) is 15.3 Å². The maximum absolute atomic E-state index is 11.7. The Labute approximate surface area is 94.4 Å². The second-order valence-corrected chi connectivity index (χ2v) is 3.48. The number of likely N-dealkylation sites (N-methyl/N-ethyl adjacent to an activating group) is 1. The Kier molecular flexibility index (Phi) is 5.63. The molecule has 1 atom stereocenters. The lowest BCUT2D eigenvalue weighted by Gasteiger charge is -2.34. The van der Waals surface area contributed by atoms with Gasteiger partial charge in [0.2, 0.25) is 5.91 Å². The summed E-state index contributed by atoms with van der Waals surface area (Å²) in [7, 11) is 0. The number of azide groups is 1. The molecule has 0 bridgehead atoms. The largest absolute Gasteiger partial charge is 0.378 e. The van der Waals surface area contributed by atoms with Gasteiger partial charge in [-0.1, -0.05) is 5.11 Å². The van der Waals surface area contributed by atoms with Crippen LogP contribution < -0.4 is 5.32 Å². The van der Waals surface area contributed by atoms with Crippen molar-refractivity contribution in [2.45, 2.75) is 13.0 Å². The summed E-state index contributed by atoms with van der Waals surface area (Å²) < 4.78 is 5.28. The van der Waals surface area contributed by atoms with Gasteiger partial charge in [-0.2, -0.15) is 0 Å². The van der Waals surface area contributed by atoms with Crippen molar-refractivity contribution in [3.05, 3.63) is 10.4 Å². The first-order chi connectivity index (χ1) is 7.79. The Morgan fingerprint density at radius 1 is 1.75 bits per heavy atom. The van der Waals surface area contributed by atoms with Crippen LogP contribution in [0.1, 0.15) is 6.92 Å². The summed E-state index contributed by atoms with van der Waals surface area (Å²) in [5, 5.41) is 6.24. The normalized spacial score (nSPS) is 21.2. The number of nitrogens with zero attached hydrogens (tertiary/aromatic N) is 4. The molecular weight excluding hydrogens is 210 g/mol. The van der Waals surface area contributed by atoms with E-state index in [9.17, 15) is 4.79 Å². The van der Waals surface area contributed by atoms with Gasteiger partial charge in [0.1, 0.15) is 6.04 Å². The van der Waals surface area contributed by atoms with E-state index in [0.717, 1.165) is 0 Å². The molecule has 1 unspecified atom stereocenters. The fraction of sp³-hybridized carbons (Fsp3) is 0.889. The first-order valence-electron chi connectivity index (χ1n) is 5.40. The highest BCUT2D eigenvalue weighted by molar-refractivity contribution is 5.81. The van der Waals surface area contributed by atoms with Crippen LogP contribution in [0.15, 0.2) is 5.11 Å². The van der Waals surface area contributed by atoms with E-state index < -0.39 is 0 Å². The van der Waals surface area contributed by atoms with Crippen molar-refractivity contribution in [1.29, 1.82) is 0 Å². The van der Waals surface area contributed by atoms with Crippen LogP contribution in [0.5, 0.6) is 0 Å². The Morgan fingerprint density at radius 2 is 2.56 bits per heavy atom. The van der Waals surface area contributed by atoms with Gasteiger partial charge in [0.15, 0.2) is 0 Å². The van der Waals surface area contributed by atoms with E-state index in [0.29, 0.717) is 39.4 Å². The summed E-state index contributed by atoms with van der Waals surface area (Å²) in [6, 6.07) is -0.261. The van der Waals surface area contributed by atoms with Gasteiger partial charge < -0.3 is 10.1 Å². The van der Waals surface area contributed by atoms with Gasteiger partial charge >= 0.3 is 0 Å². The predicted molar refractivity (Wildman–Crippen MR) is 58.9 cm³/mol. The molecule has 0 aromatic heterocycles. The molecule has 1 heterocycles. The lowest BCUT2D eigenvalue weighted by molar-refractivity contribution is -0.132. The average molecular weight is 227 g/mol. The van der Waals surface area contributed by atoms with Crippen molar-refractivity contribution in [2.75, 3.05) is 39.4 Å². The van der Waals surface area contributed by atoms with Gasteiger partial charge in [0, 0.05) is 31.1 Å². The fourth-order valence-electron chi connectivity index (χ4n) is 1.66. The molecule has 7 nitrogen and oxygen atoms in total. The van der Waals surface area contributed by atoms with E-state index in [4.69, 9.17) is 10.3 Å². The number of hydrogen-bond donors (Lipinski definition) is 1. The summed E-state index contributed by atoms with van der Waals surface area (Å²) in [6.07, 6.45) is 0. The summed E-state index contributed by atoms with van der Waals surface area (Å²) in [4.78, 5) is 16.4. The second kappa shape index (κ2) is 7.05. The number of amides is 1. The molecule has 0 aliphatic carbocycles. The molecule has 7 heteroatoms. The minimum Gasteiger partial charge on any atom is -0.378 e. The van der Waals surface area contributed by atoms with Gasteiger partial charge in [-0.05, 0) is 12.5 Å². The molecule has 1 N–H and O–H groups in total. The first-order valence-corrected chi connectivity index (χ1v) is 5.40. The monoisotopic (exact) mass is 227 g/mol. The summed E-state index contributed by atoms with van der Waals surface area (Å²) >= 11 is 0. The zero-order chi connectivity index (χ0) is 11.8. The molecule has 1 rings (SSSR count). The van der Waals surface area contributed by atoms with Gasteiger partial charge in [-0.25, -0.2) is 0 Å². The zero-order valence-corrected chi connectivity index (χ0v) is 9.43. The van der Waals surface area contributed by atoms with Crippen molar-refractivity contribution >= 4 is 5.91 Å². The molecule has 0 spiro atoms. The molecule has 0 aromatic rings. The van der Waals surface area contributed by atoms with E-state index in [1.807, 2.05) is 11.8 Å². The number of carbonyl (C=O) groups excluding carboxylic acids is 1. The number of morpholine rings is 1. The van der Waals surface area contributed by atoms with Gasteiger partial charge in [0.25, 0.3) is 0 Å². The molecule has 1 aliphatic rings. The van der Waals surface area contributed by atoms with E-state index in [1.54, 1.807) is 0 Å². The number of nitrogens with one attached hydrogen (secondary N) is 1. The SMILES string of the molecule is CCNC(=O)C1COCCN1CCN=[N+]=[N-]. The second-order valence-electron chi connectivity index (χ2n) is 3.48. The average Bonchev–Trinajstić information content (AvgIpc) is 2.30. The Hall–Kier alpha value is -1.30. The fourth-order valence-corrected chi connectivity index (χ4v) is 1.66. The first kappa shape index (κ1) is 12.8. The molecule has 1 fully saturated rings. The Bertz CT molecular complexity index is 277. The smallest absolute Gasteiger partial charge is 0.239 e. The van der Waals surface area contributed by atoms with E-state index in [-0.39, 0.29) is 11.9 Å². The molecule has 0 aromatic carbocycles. The lowest BCUT2D eigenvalue weighted by Crippen LogP contribution is -2.54. The van der Waals surface area contributed by atoms with Crippen molar-refractivity contribution in [3.8, 4) is 0 Å². The third kappa shape index (κ3) is 3.69. The van der Waals surface area contributed by atoms with Crippen molar-refractivity contribution < 1.29 is 9.53 Å². The maximum atomic E-state index is 11.7. The highest BCUT2D eigenvalue weighted by Gasteiger charge is 2.28. The molecule has 1 aliphatic heterocycles. The molecule has 1 amide bonds. The van der Waals surface area contributed by atoms with Crippen LogP contribution in [0.25, 0.3) is 10.4 Å². The minimum atomic E-state index is -0.261. The molecule has 0 saturated carbocycles. The van der Waals surface area contributed by atoms with Crippen LogP contribution in [0.2, 0.25) is 0 Å². The van der Waals surface area contributed by atoms with Crippen molar-refractivity contribution in [3.63, 3.8) is 0 Å². The van der Waals surface area contributed by atoms with Crippen LogP contribution in [0.3, 0.4) is 0 Å². The maximum Gasteiger partial charge on any atom is 0.239 e. The highest BCUT2D eigenvalue weighted by atomic mass is 16.5. The van der Waals surface area contributed by atoms with Crippen molar-refractivity contribution in [2.24, 2.45) is 5.11 Å². The third-order valence-electron chi connectivity index (χ3n) is 2.44. The molecule has 1 saturated heterocycles. The van der Waals surface area contributed by atoms with E-state index in [1.165, 1.54) is 0 Å². The number of hydrogen-bond acceptors (Lipinski definition) is 4. The predicted octanol–water partition coefficient (Wildman–Crippen LogP) is 0.134. The molecular formula is C9H17N5O2. The molecule has 16 heavy (non-hydrogen) atoms. The van der Waals surface area contributed by atoms with Crippen LogP contribution in [0, 0.1) is 0 Å². The van der Waals surface area contributed by atoms with Gasteiger partial charge in [-0.3, -0.25) is 9.69 Å².